The predicted octanol–water partition coefficient (Wildman–Crippen LogP) is 0.515. The Kier molecular flexibility index (Phi) is 14.1. The summed E-state index contributed by atoms with van der Waals surface area (Å²) in [6, 6.07) is 0. The van der Waals surface area contributed by atoms with Gasteiger partial charge < -0.3 is 4.74 Å². The molecule has 0 spiro atoms. The van der Waals surface area contributed by atoms with Gasteiger partial charge in [-0.1, -0.05) is 0 Å². The molecule has 56 valence electrons. The quantitative estimate of drug-likeness (QED) is 0.321. The zero-order valence-corrected chi connectivity index (χ0v) is 6.91. The van der Waals surface area contributed by atoms with Crippen LogP contribution in [-0.2, 0) is 31.4 Å². The van der Waals surface area contributed by atoms with Gasteiger partial charge in [-0.25, -0.2) is 0 Å². The summed E-state index contributed by atoms with van der Waals surface area (Å²) in [7, 11) is 0. The molecule has 0 aromatic heterocycles. The van der Waals surface area contributed by atoms with Gasteiger partial charge in [0.15, 0.2) is 0 Å². The molecule has 0 amide bonds. The van der Waals surface area contributed by atoms with E-state index in [2.05, 4.69) is 4.74 Å². The number of carbonyl (C=O) groups excluding carboxylic acids is 2. The van der Waals surface area contributed by atoms with Gasteiger partial charge in [-0.05, 0) is 0 Å². The third-order valence-electron chi connectivity index (χ3n) is 0.287. The number of halogens is 1. The molecule has 0 aromatic carbocycles. The molecular formula is C4H7ClFeO3. The minimum Gasteiger partial charge on any atom is -0.394 e. The van der Waals surface area contributed by atoms with Gasteiger partial charge in [-0.15, -0.1) is 12.4 Å². The fourth-order valence-electron chi connectivity index (χ4n) is 0.202. The average molecular weight is 194 g/mol. The molecule has 0 saturated heterocycles. The minimum absolute atomic E-state index is 0. The van der Waals surface area contributed by atoms with Gasteiger partial charge in [0.25, 0.3) is 0 Å². The fourth-order valence-corrected chi connectivity index (χ4v) is 0.202. The van der Waals surface area contributed by atoms with Crippen LogP contribution in [0.4, 0.5) is 0 Å². The predicted molar refractivity (Wildman–Crippen MR) is 29.7 cm³/mol. The van der Waals surface area contributed by atoms with Crippen LogP contribution in [0.5, 0.6) is 0 Å². The van der Waals surface area contributed by atoms with Crippen molar-refractivity contribution in [1.29, 1.82) is 0 Å². The van der Waals surface area contributed by atoms with Crippen LogP contribution in [0.2, 0.25) is 0 Å². The average Bonchev–Trinajstić information content (AvgIpc) is 1.27. The van der Waals surface area contributed by atoms with Crippen molar-refractivity contribution in [1.82, 2.24) is 0 Å². The van der Waals surface area contributed by atoms with Gasteiger partial charge in [0, 0.05) is 30.9 Å². The molecule has 0 radical (unpaired) electrons. The number of ether oxygens (including phenoxy) is 1. The summed E-state index contributed by atoms with van der Waals surface area (Å²) < 4.78 is 3.97. The number of rotatable bonds is 0. The summed E-state index contributed by atoms with van der Waals surface area (Å²) in [5.74, 6) is -1.12. The Balaban J connectivity index is -0.000000180. The number of esters is 2. The van der Waals surface area contributed by atoms with Crippen LogP contribution in [0, 0.1) is 0 Å². The SMILES string of the molecule is CC(=O)OC(C)=O.Cl.[Fe]. The molecule has 9 heavy (non-hydrogen) atoms. The van der Waals surface area contributed by atoms with E-state index in [0.29, 0.717) is 0 Å². The maximum Gasteiger partial charge on any atom is 0.310 e. The summed E-state index contributed by atoms with van der Waals surface area (Å²) in [6.07, 6.45) is 0. The largest absolute Gasteiger partial charge is 0.394 e. The molecule has 0 atom stereocenters. The topological polar surface area (TPSA) is 43.4 Å². The summed E-state index contributed by atoms with van der Waals surface area (Å²) in [6.45, 7) is 2.36. The van der Waals surface area contributed by atoms with Crippen LogP contribution >= 0.6 is 12.4 Å². The maximum absolute atomic E-state index is 9.81. The van der Waals surface area contributed by atoms with Gasteiger partial charge in [-0.2, -0.15) is 0 Å². The van der Waals surface area contributed by atoms with E-state index in [1.807, 2.05) is 0 Å². The van der Waals surface area contributed by atoms with Crippen LogP contribution in [0.1, 0.15) is 13.8 Å². The van der Waals surface area contributed by atoms with Crippen LogP contribution in [0.15, 0.2) is 0 Å². The van der Waals surface area contributed by atoms with Crippen LogP contribution < -0.4 is 0 Å². The molecule has 0 N–H and O–H groups in total. The molecule has 0 rings (SSSR count). The van der Waals surface area contributed by atoms with Gasteiger partial charge >= 0.3 is 11.9 Å². The second-order valence-corrected chi connectivity index (χ2v) is 1.09. The first-order valence-electron chi connectivity index (χ1n) is 1.82. The molecule has 0 bridgehead atoms. The molecule has 0 aliphatic rings. The number of hydrogen-bond donors (Lipinski definition) is 0. The molecule has 0 aliphatic heterocycles. The van der Waals surface area contributed by atoms with Crippen molar-refractivity contribution in [3.05, 3.63) is 0 Å². The van der Waals surface area contributed by atoms with Crippen molar-refractivity contribution >= 4 is 24.3 Å². The van der Waals surface area contributed by atoms with E-state index in [1.165, 1.54) is 13.8 Å². The maximum atomic E-state index is 9.81. The zero-order chi connectivity index (χ0) is 5.86. The first-order chi connectivity index (χ1) is 3.13. The van der Waals surface area contributed by atoms with Gasteiger partial charge in [0.1, 0.15) is 0 Å². The van der Waals surface area contributed by atoms with E-state index >= 15 is 0 Å². The van der Waals surface area contributed by atoms with Crippen molar-refractivity contribution in [3.63, 3.8) is 0 Å². The molecule has 0 saturated carbocycles. The Labute approximate surface area is 70.0 Å². The Bertz CT molecular complexity index is 92.0. The molecule has 0 unspecified atom stereocenters. The third-order valence-corrected chi connectivity index (χ3v) is 0.287. The Morgan fingerprint density at radius 2 is 1.33 bits per heavy atom. The Hall–Kier alpha value is -0.0505. The zero-order valence-electron chi connectivity index (χ0n) is 4.99. The molecule has 5 heteroatoms. The second-order valence-electron chi connectivity index (χ2n) is 1.09. The molecular weight excluding hydrogens is 187 g/mol. The standard InChI is InChI=1S/C4H6O3.ClH.Fe/c1-3(5)7-4(2)6;;/h1-2H3;1H;. The number of hydrogen-bond acceptors (Lipinski definition) is 3. The van der Waals surface area contributed by atoms with E-state index in [1.54, 1.807) is 0 Å². The summed E-state index contributed by atoms with van der Waals surface area (Å²) in [4.78, 5) is 19.6. The van der Waals surface area contributed by atoms with Gasteiger partial charge in [-0.3, -0.25) is 9.59 Å². The first-order valence-corrected chi connectivity index (χ1v) is 1.82. The minimum atomic E-state index is -0.562. The summed E-state index contributed by atoms with van der Waals surface area (Å²) in [5, 5.41) is 0. The van der Waals surface area contributed by atoms with E-state index in [4.69, 9.17) is 0 Å². The molecule has 0 aromatic rings. The van der Waals surface area contributed by atoms with E-state index in [9.17, 15) is 9.59 Å². The smallest absolute Gasteiger partial charge is 0.310 e. The van der Waals surface area contributed by atoms with Gasteiger partial charge in [0.05, 0.1) is 0 Å². The van der Waals surface area contributed by atoms with Crippen LogP contribution in [0.3, 0.4) is 0 Å². The van der Waals surface area contributed by atoms with Crippen molar-refractivity contribution in [2.24, 2.45) is 0 Å². The Morgan fingerprint density at radius 3 is 1.33 bits per heavy atom. The van der Waals surface area contributed by atoms with Crippen LogP contribution in [-0.4, -0.2) is 11.9 Å². The van der Waals surface area contributed by atoms with Crippen molar-refractivity contribution in [2.45, 2.75) is 13.8 Å². The normalized spacial score (nSPS) is 6.00. The first kappa shape index (κ1) is 16.0. The van der Waals surface area contributed by atoms with Crippen molar-refractivity contribution in [2.75, 3.05) is 0 Å². The third kappa shape index (κ3) is 18.0. The molecule has 0 heterocycles. The molecule has 3 nitrogen and oxygen atoms in total. The number of carbonyl (C=O) groups is 2. The van der Waals surface area contributed by atoms with Crippen molar-refractivity contribution in [3.8, 4) is 0 Å². The summed E-state index contributed by atoms with van der Waals surface area (Å²) in [5.41, 5.74) is 0. The Morgan fingerprint density at radius 1 is 1.11 bits per heavy atom. The molecule has 0 aliphatic carbocycles. The second kappa shape index (κ2) is 7.95. The summed E-state index contributed by atoms with van der Waals surface area (Å²) >= 11 is 0. The van der Waals surface area contributed by atoms with Gasteiger partial charge in [0.2, 0.25) is 0 Å². The van der Waals surface area contributed by atoms with E-state index in [-0.39, 0.29) is 29.5 Å². The van der Waals surface area contributed by atoms with E-state index < -0.39 is 11.9 Å². The van der Waals surface area contributed by atoms with Crippen LogP contribution in [0.25, 0.3) is 0 Å². The molecule has 0 fully saturated rings. The van der Waals surface area contributed by atoms with Crippen molar-refractivity contribution < 1.29 is 31.4 Å². The fraction of sp³-hybridized carbons (Fsp3) is 0.500. The van der Waals surface area contributed by atoms with E-state index in [0.717, 1.165) is 0 Å². The monoisotopic (exact) mass is 194 g/mol.